The summed E-state index contributed by atoms with van der Waals surface area (Å²) in [5.41, 5.74) is -0.540. The second-order valence-electron chi connectivity index (χ2n) is 4.34. The molecule has 0 aliphatic heterocycles. The summed E-state index contributed by atoms with van der Waals surface area (Å²) in [5.74, 6) is 1.77. The first kappa shape index (κ1) is 16.8. The van der Waals surface area contributed by atoms with Gasteiger partial charge >= 0.3 is 5.97 Å². The van der Waals surface area contributed by atoms with Crippen LogP contribution in [0.15, 0.2) is 0 Å². The van der Waals surface area contributed by atoms with Gasteiger partial charge in [0.15, 0.2) is 0 Å². The van der Waals surface area contributed by atoms with Gasteiger partial charge in [0.1, 0.15) is 5.54 Å². The lowest BCUT2D eigenvalue weighted by Gasteiger charge is -2.27. The second kappa shape index (κ2) is 9.77. The highest BCUT2D eigenvalue weighted by Crippen LogP contribution is 2.17. The molecule has 0 aromatic rings. The molecule has 0 spiro atoms. The number of carbonyl (C=O) groups excluding carboxylic acids is 1. The van der Waals surface area contributed by atoms with Crippen molar-refractivity contribution in [1.29, 1.82) is 0 Å². The van der Waals surface area contributed by atoms with Crippen molar-refractivity contribution in [2.45, 2.75) is 52.5 Å². The molecule has 3 nitrogen and oxygen atoms in total. The number of hydrogen-bond donors (Lipinski definition) is 1. The Balaban J connectivity index is 4.07. The lowest BCUT2D eigenvalue weighted by molar-refractivity contribution is -0.149. The number of carbonyl (C=O) groups is 1. The van der Waals surface area contributed by atoms with Gasteiger partial charge in [0.05, 0.1) is 6.61 Å². The molecule has 102 valence electrons. The Morgan fingerprint density at radius 2 is 2.00 bits per heavy atom. The Hall–Kier alpha value is -0.220. The van der Waals surface area contributed by atoms with Gasteiger partial charge in [-0.2, -0.15) is 11.8 Å². The fourth-order valence-corrected chi connectivity index (χ4v) is 2.77. The average Bonchev–Trinajstić information content (AvgIpc) is 2.29. The van der Waals surface area contributed by atoms with Crippen molar-refractivity contribution in [2.75, 3.05) is 24.7 Å². The van der Waals surface area contributed by atoms with Crippen LogP contribution in [0.2, 0.25) is 0 Å². The summed E-state index contributed by atoms with van der Waals surface area (Å²) in [6.45, 7) is 9.22. The molecule has 1 N–H and O–H groups in total. The van der Waals surface area contributed by atoms with E-state index < -0.39 is 5.54 Å². The summed E-state index contributed by atoms with van der Waals surface area (Å²) in [6, 6.07) is 0. The molecule has 0 saturated heterocycles. The fourth-order valence-electron chi connectivity index (χ4n) is 1.59. The van der Waals surface area contributed by atoms with E-state index in [-0.39, 0.29) is 5.97 Å². The third kappa shape index (κ3) is 6.94. The Bertz CT molecular complexity index is 212. The number of unbranched alkanes of at least 4 members (excludes halogenated alkanes) is 2. The number of thioether (sulfide) groups is 1. The highest BCUT2D eigenvalue weighted by atomic mass is 32.2. The molecule has 0 aromatic carbocycles. The molecule has 0 rings (SSSR count). The lowest BCUT2D eigenvalue weighted by Crippen LogP contribution is -2.52. The minimum atomic E-state index is -0.540. The topological polar surface area (TPSA) is 38.3 Å². The van der Waals surface area contributed by atoms with Gasteiger partial charge in [-0.1, -0.05) is 26.7 Å². The predicted octanol–water partition coefficient (Wildman–Crippen LogP) is 2.84. The van der Waals surface area contributed by atoms with Crippen molar-refractivity contribution >= 4 is 17.7 Å². The number of rotatable bonds is 10. The first-order valence-corrected chi connectivity index (χ1v) is 7.76. The molecule has 0 aromatic heterocycles. The van der Waals surface area contributed by atoms with Crippen molar-refractivity contribution in [3.05, 3.63) is 0 Å². The van der Waals surface area contributed by atoms with Crippen molar-refractivity contribution < 1.29 is 9.53 Å². The number of nitrogens with one attached hydrogen (secondary N) is 1. The van der Waals surface area contributed by atoms with Gasteiger partial charge in [-0.3, -0.25) is 4.79 Å². The van der Waals surface area contributed by atoms with Crippen LogP contribution in [-0.4, -0.2) is 36.2 Å². The minimum Gasteiger partial charge on any atom is -0.465 e. The average molecular weight is 261 g/mol. The van der Waals surface area contributed by atoms with E-state index >= 15 is 0 Å². The van der Waals surface area contributed by atoms with Gasteiger partial charge in [-0.15, -0.1) is 0 Å². The van der Waals surface area contributed by atoms with Crippen LogP contribution in [0, 0.1) is 0 Å². The van der Waals surface area contributed by atoms with Crippen LogP contribution in [-0.2, 0) is 9.53 Å². The van der Waals surface area contributed by atoms with Gasteiger partial charge in [0, 0.05) is 5.75 Å². The van der Waals surface area contributed by atoms with Gasteiger partial charge in [0.2, 0.25) is 0 Å². The molecule has 0 radical (unpaired) electrons. The molecule has 0 saturated carbocycles. The maximum Gasteiger partial charge on any atom is 0.326 e. The number of ether oxygens (including phenoxy) is 1. The monoisotopic (exact) mass is 261 g/mol. The Labute approximate surface area is 110 Å². The third-order valence-electron chi connectivity index (χ3n) is 2.58. The van der Waals surface area contributed by atoms with E-state index in [0.717, 1.165) is 18.1 Å². The standard InChI is InChI=1S/C13H27NO2S/c1-5-8-9-10-17-11-13(4,14-6-2)12(15)16-7-3/h14H,5-11H2,1-4H3. The maximum atomic E-state index is 11.9. The summed E-state index contributed by atoms with van der Waals surface area (Å²) in [6.07, 6.45) is 3.74. The zero-order chi connectivity index (χ0) is 13.1. The highest BCUT2D eigenvalue weighted by Gasteiger charge is 2.33. The molecule has 1 atom stereocenters. The summed E-state index contributed by atoms with van der Waals surface area (Å²) in [5, 5.41) is 3.24. The summed E-state index contributed by atoms with van der Waals surface area (Å²) < 4.78 is 5.12. The molecular formula is C13H27NO2S. The molecule has 0 aliphatic rings. The van der Waals surface area contributed by atoms with Crippen LogP contribution in [0.5, 0.6) is 0 Å². The van der Waals surface area contributed by atoms with Crippen molar-refractivity contribution in [3.63, 3.8) is 0 Å². The van der Waals surface area contributed by atoms with Crippen molar-refractivity contribution in [3.8, 4) is 0 Å². The van der Waals surface area contributed by atoms with E-state index in [2.05, 4.69) is 12.2 Å². The van der Waals surface area contributed by atoms with Crippen LogP contribution in [0.1, 0.15) is 47.0 Å². The number of esters is 1. The fraction of sp³-hybridized carbons (Fsp3) is 0.923. The van der Waals surface area contributed by atoms with E-state index in [9.17, 15) is 4.79 Å². The normalized spacial score (nSPS) is 14.4. The van der Waals surface area contributed by atoms with E-state index in [4.69, 9.17) is 4.74 Å². The second-order valence-corrected chi connectivity index (χ2v) is 5.45. The maximum absolute atomic E-state index is 11.9. The molecule has 17 heavy (non-hydrogen) atoms. The Morgan fingerprint density at radius 3 is 2.53 bits per heavy atom. The van der Waals surface area contributed by atoms with Gasteiger partial charge in [0.25, 0.3) is 0 Å². The van der Waals surface area contributed by atoms with Gasteiger partial charge in [-0.25, -0.2) is 0 Å². The Morgan fingerprint density at radius 1 is 1.29 bits per heavy atom. The van der Waals surface area contributed by atoms with Crippen LogP contribution in [0.25, 0.3) is 0 Å². The number of likely N-dealkylation sites (N-methyl/N-ethyl adjacent to an activating group) is 1. The van der Waals surface area contributed by atoms with Gasteiger partial charge < -0.3 is 10.1 Å². The molecule has 0 aliphatic carbocycles. The number of hydrogen-bond acceptors (Lipinski definition) is 4. The lowest BCUT2D eigenvalue weighted by atomic mass is 10.1. The molecule has 1 unspecified atom stereocenters. The zero-order valence-corrected chi connectivity index (χ0v) is 12.5. The zero-order valence-electron chi connectivity index (χ0n) is 11.7. The first-order chi connectivity index (χ1) is 8.10. The minimum absolute atomic E-state index is 0.134. The van der Waals surface area contributed by atoms with Gasteiger partial charge in [-0.05, 0) is 32.6 Å². The van der Waals surface area contributed by atoms with Crippen molar-refractivity contribution in [1.82, 2.24) is 5.32 Å². The summed E-state index contributed by atoms with van der Waals surface area (Å²) in [7, 11) is 0. The molecular weight excluding hydrogens is 234 g/mol. The smallest absolute Gasteiger partial charge is 0.326 e. The Kier molecular flexibility index (Phi) is 9.65. The first-order valence-electron chi connectivity index (χ1n) is 6.60. The predicted molar refractivity (Wildman–Crippen MR) is 75.6 cm³/mol. The van der Waals surface area contributed by atoms with E-state index in [0.29, 0.717) is 6.61 Å². The molecule has 4 heteroatoms. The van der Waals surface area contributed by atoms with E-state index in [1.54, 1.807) is 0 Å². The highest BCUT2D eigenvalue weighted by molar-refractivity contribution is 7.99. The third-order valence-corrected chi connectivity index (χ3v) is 3.93. The van der Waals surface area contributed by atoms with Crippen molar-refractivity contribution in [2.24, 2.45) is 0 Å². The molecule has 0 fully saturated rings. The molecule has 0 amide bonds. The quantitative estimate of drug-likeness (QED) is 0.485. The van der Waals surface area contributed by atoms with Crippen LogP contribution in [0.3, 0.4) is 0 Å². The molecule has 0 bridgehead atoms. The summed E-state index contributed by atoms with van der Waals surface area (Å²) >= 11 is 1.83. The largest absolute Gasteiger partial charge is 0.465 e. The van der Waals surface area contributed by atoms with Crippen LogP contribution in [0.4, 0.5) is 0 Å². The van der Waals surface area contributed by atoms with E-state index in [1.165, 1.54) is 19.3 Å². The van der Waals surface area contributed by atoms with Crippen LogP contribution < -0.4 is 5.32 Å². The SMILES string of the molecule is CCCCCSCC(C)(NCC)C(=O)OCC. The van der Waals surface area contributed by atoms with E-state index in [1.807, 2.05) is 32.5 Å². The van der Waals surface area contributed by atoms with Crippen LogP contribution >= 0.6 is 11.8 Å². The molecule has 0 heterocycles. The summed E-state index contributed by atoms with van der Waals surface area (Å²) in [4.78, 5) is 11.9.